The van der Waals surface area contributed by atoms with Gasteiger partial charge in [0.05, 0.1) is 6.61 Å². The van der Waals surface area contributed by atoms with Gasteiger partial charge >= 0.3 is 0 Å². The van der Waals surface area contributed by atoms with Crippen molar-refractivity contribution >= 4 is 29.3 Å². The van der Waals surface area contributed by atoms with Crippen molar-refractivity contribution < 1.29 is 14.3 Å². The largest absolute Gasteiger partial charge is 0.487 e. The van der Waals surface area contributed by atoms with Crippen LogP contribution in [0.3, 0.4) is 0 Å². The Hall–Kier alpha value is -2.03. The van der Waals surface area contributed by atoms with Gasteiger partial charge in [0.1, 0.15) is 0 Å². The highest BCUT2D eigenvalue weighted by Gasteiger charge is 2.25. The minimum absolute atomic E-state index is 0.0774. The van der Waals surface area contributed by atoms with E-state index in [1.54, 1.807) is 41.4 Å². The average molecular weight is 473 g/mol. The molecule has 1 aromatic rings. The smallest absolute Gasteiger partial charge is 0.291 e. The number of ether oxygens (including phenoxy) is 1. The summed E-state index contributed by atoms with van der Waals surface area (Å²) in [5, 5.41) is 7.56. The molecule has 2 amide bonds. The monoisotopic (exact) mass is 472 g/mol. The Balaban J connectivity index is 1.12. The number of hydrogen-bond acceptors (Lipinski definition) is 6. The number of rotatable bonds is 8. The highest BCUT2D eigenvalue weighted by Crippen LogP contribution is 2.21. The zero-order valence-electron chi connectivity index (χ0n) is 19.4. The van der Waals surface area contributed by atoms with Crippen LogP contribution < -0.4 is 10.6 Å². The summed E-state index contributed by atoms with van der Waals surface area (Å²) >= 11 is 1.57. The van der Waals surface area contributed by atoms with Crippen LogP contribution in [0.15, 0.2) is 35.4 Å². The van der Waals surface area contributed by atoms with Crippen LogP contribution in [-0.4, -0.2) is 79.3 Å². The molecular weight excluding hydrogens is 436 g/mol. The number of anilines is 1. The summed E-state index contributed by atoms with van der Waals surface area (Å²) in [6.07, 6.45) is 7.64. The molecule has 0 unspecified atom stereocenters. The maximum absolute atomic E-state index is 12.4. The van der Waals surface area contributed by atoms with E-state index in [1.807, 2.05) is 0 Å². The van der Waals surface area contributed by atoms with E-state index in [0.29, 0.717) is 30.2 Å². The van der Waals surface area contributed by atoms with Gasteiger partial charge in [0, 0.05) is 35.0 Å². The normalized spacial score (nSPS) is 20.5. The Morgan fingerprint density at radius 3 is 2.45 bits per heavy atom. The fraction of sp³-hybridized carbons (Fsp3) is 0.600. The van der Waals surface area contributed by atoms with Gasteiger partial charge in [-0.2, -0.15) is 0 Å². The molecule has 3 aliphatic rings. The number of benzene rings is 1. The maximum atomic E-state index is 12.4. The van der Waals surface area contributed by atoms with Crippen LogP contribution in [0, 0.1) is 0 Å². The molecule has 0 aromatic heterocycles. The Morgan fingerprint density at radius 1 is 1.00 bits per heavy atom. The Labute approximate surface area is 201 Å². The zero-order chi connectivity index (χ0) is 22.9. The minimum Gasteiger partial charge on any atom is -0.487 e. The van der Waals surface area contributed by atoms with Crippen molar-refractivity contribution in [3.63, 3.8) is 0 Å². The fourth-order valence-electron chi connectivity index (χ4n) is 4.78. The standard InChI is InChI=1S/C25H36N4O3S/c30-24(20-5-7-21(8-6-20)27-25(31)23-19-33-18-17-32-23)26-11-4-12-28-15-9-22(10-16-28)29-13-2-1-3-14-29/h5-8,19,22H,1-4,9-18H2,(H,26,30)(H,27,31). The number of amides is 2. The summed E-state index contributed by atoms with van der Waals surface area (Å²) in [6, 6.07) is 7.74. The topological polar surface area (TPSA) is 73.9 Å². The van der Waals surface area contributed by atoms with Crippen molar-refractivity contribution in [3.8, 4) is 0 Å². The lowest BCUT2D eigenvalue weighted by atomic mass is 10.00. The number of likely N-dealkylation sites (tertiary alicyclic amines) is 2. The van der Waals surface area contributed by atoms with Crippen LogP contribution in [0.25, 0.3) is 0 Å². The van der Waals surface area contributed by atoms with Crippen molar-refractivity contribution in [2.75, 3.05) is 56.9 Å². The van der Waals surface area contributed by atoms with E-state index in [4.69, 9.17) is 4.74 Å². The first-order valence-corrected chi connectivity index (χ1v) is 13.3. The number of carbonyl (C=O) groups excluding carboxylic acids is 2. The number of hydrogen-bond donors (Lipinski definition) is 2. The quantitative estimate of drug-likeness (QED) is 0.566. The molecule has 0 saturated carbocycles. The molecule has 0 atom stereocenters. The molecule has 0 radical (unpaired) electrons. The number of piperidine rings is 2. The first-order valence-electron chi connectivity index (χ1n) is 12.3. The number of nitrogens with one attached hydrogen (secondary N) is 2. The van der Waals surface area contributed by atoms with Crippen molar-refractivity contribution in [3.05, 3.63) is 41.0 Å². The molecule has 0 aliphatic carbocycles. The molecule has 1 aromatic carbocycles. The van der Waals surface area contributed by atoms with Gasteiger partial charge < -0.3 is 25.2 Å². The number of carbonyl (C=O) groups is 2. The third-order valence-electron chi connectivity index (χ3n) is 6.68. The molecule has 180 valence electrons. The minimum atomic E-state index is -0.264. The lowest BCUT2D eigenvalue weighted by molar-refractivity contribution is -0.116. The van der Waals surface area contributed by atoms with E-state index in [0.717, 1.165) is 24.8 Å². The highest BCUT2D eigenvalue weighted by atomic mass is 32.2. The van der Waals surface area contributed by atoms with Crippen molar-refractivity contribution in [1.29, 1.82) is 0 Å². The summed E-state index contributed by atoms with van der Waals surface area (Å²) in [5.74, 6) is 0.854. The van der Waals surface area contributed by atoms with Gasteiger partial charge in [-0.1, -0.05) is 6.42 Å². The van der Waals surface area contributed by atoms with Gasteiger partial charge in [-0.15, -0.1) is 11.8 Å². The lowest BCUT2D eigenvalue weighted by Crippen LogP contribution is -2.47. The summed E-state index contributed by atoms with van der Waals surface area (Å²) in [6.45, 7) is 7.16. The molecule has 3 heterocycles. The van der Waals surface area contributed by atoms with Crippen LogP contribution in [-0.2, 0) is 9.53 Å². The summed E-state index contributed by atoms with van der Waals surface area (Å²) < 4.78 is 5.36. The summed E-state index contributed by atoms with van der Waals surface area (Å²) in [4.78, 5) is 29.9. The predicted octanol–water partition coefficient (Wildman–Crippen LogP) is 3.30. The lowest BCUT2D eigenvalue weighted by Gasteiger charge is -2.40. The SMILES string of the molecule is O=C(Nc1ccc(C(=O)NCCCN2CCC(N3CCCCC3)CC2)cc1)C1=CSCCO1. The van der Waals surface area contributed by atoms with Crippen molar-refractivity contribution in [2.24, 2.45) is 0 Å². The van der Waals surface area contributed by atoms with Crippen LogP contribution in [0.4, 0.5) is 5.69 Å². The van der Waals surface area contributed by atoms with Gasteiger partial charge in [0.25, 0.3) is 11.8 Å². The molecule has 8 heteroatoms. The van der Waals surface area contributed by atoms with Crippen LogP contribution >= 0.6 is 11.8 Å². The first kappa shape index (κ1) is 24.1. The van der Waals surface area contributed by atoms with Gasteiger partial charge in [-0.05, 0) is 89.1 Å². The average Bonchev–Trinajstić information content (AvgIpc) is 2.88. The first-order chi connectivity index (χ1) is 16.2. The second-order valence-electron chi connectivity index (χ2n) is 9.01. The van der Waals surface area contributed by atoms with E-state index in [1.165, 1.54) is 58.3 Å². The molecule has 3 aliphatic heterocycles. The number of thioether (sulfide) groups is 1. The Kier molecular flexibility index (Phi) is 9.09. The Bertz CT molecular complexity index is 815. The van der Waals surface area contributed by atoms with E-state index < -0.39 is 0 Å². The molecule has 2 fully saturated rings. The molecule has 2 N–H and O–H groups in total. The molecule has 33 heavy (non-hydrogen) atoms. The molecule has 4 rings (SSSR count). The third-order valence-corrected chi connectivity index (χ3v) is 7.46. The molecule has 7 nitrogen and oxygen atoms in total. The number of nitrogens with zero attached hydrogens (tertiary/aromatic N) is 2. The molecule has 0 bridgehead atoms. The van der Waals surface area contributed by atoms with Crippen LogP contribution in [0.1, 0.15) is 48.9 Å². The molecular formula is C25H36N4O3S. The van der Waals surface area contributed by atoms with Gasteiger partial charge in [0.15, 0.2) is 5.76 Å². The molecule has 2 saturated heterocycles. The van der Waals surface area contributed by atoms with Crippen LogP contribution in [0.5, 0.6) is 0 Å². The van der Waals surface area contributed by atoms with E-state index >= 15 is 0 Å². The van der Waals surface area contributed by atoms with Gasteiger partial charge in [-0.25, -0.2) is 0 Å². The van der Waals surface area contributed by atoms with Crippen molar-refractivity contribution in [2.45, 2.75) is 44.6 Å². The van der Waals surface area contributed by atoms with Crippen molar-refractivity contribution in [1.82, 2.24) is 15.1 Å². The maximum Gasteiger partial charge on any atom is 0.291 e. The van der Waals surface area contributed by atoms with E-state index in [2.05, 4.69) is 20.4 Å². The zero-order valence-corrected chi connectivity index (χ0v) is 20.2. The highest BCUT2D eigenvalue weighted by molar-refractivity contribution is 8.02. The second-order valence-corrected chi connectivity index (χ2v) is 9.99. The predicted molar refractivity (Wildman–Crippen MR) is 133 cm³/mol. The Morgan fingerprint density at radius 2 is 1.76 bits per heavy atom. The summed E-state index contributed by atoms with van der Waals surface area (Å²) in [5.41, 5.74) is 1.24. The molecule has 0 spiro atoms. The second kappa shape index (κ2) is 12.4. The van der Waals surface area contributed by atoms with E-state index in [-0.39, 0.29) is 11.8 Å². The van der Waals surface area contributed by atoms with E-state index in [9.17, 15) is 9.59 Å². The van der Waals surface area contributed by atoms with Gasteiger partial charge in [-0.3, -0.25) is 9.59 Å². The third kappa shape index (κ3) is 7.22. The van der Waals surface area contributed by atoms with Crippen LogP contribution in [0.2, 0.25) is 0 Å². The summed E-state index contributed by atoms with van der Waals surface area (Å²) in [7, 11) is 0. The van der Waals surface area contributed by atoms with Gasteiger partial charge in [0.2, 0.25) is 0 Å². The fourth-order valence-corrected chi connectivity index (χ4v) is 5.41.